The highest BCUT2D eigenvalue weighted by atomic mass is 14.5. The Morgan fingerprint density at radius 3 is 2.29 bits per heavy atom. The molecule has 0 spiro atoms. The topological polar surface area (TPSA) is 0 Å². The van der Waals surface area contributed by atoms with Crippen LogP contribution in [0.25, 0.3) is 0 Å². The maximum Gasteiger partial charge on any atom is -0.0352 e. The van der Waals surface area contributed by atoms with Gasteiger partial charge in [0.2, 0.25) is 0 Å². The molecule has 0 saturated heterocycles. The third-order valence-corrected chi connectivity index (χ3v) is 5.18. The van der Waals surface area contributed by atoms with Gasteiger partial charge in [0.1, 0.15) is 0 Å². The summed E-state index contributed by atoms with van der Waals surface area (Å²) in [5, 5.41) is 0. The molecule has 0 radical (unpaired) electrons. The number of fused-ring (bicyclic) bond motifs is 1. The Kier molecular flexibility index (Phi) is 2.91. The average molecular weight is 194 g/mol. The van der Waals surface area contributed by atoms with Crippen LogP contribution in [0, 0.1) is 35.5 Å². The Morgan fingerprint density at radius 2 is 1.71 bits per heavy atom. The minimum atomic E-state index is 0.922. The highest BCUT2D eigenvalue weighted by Gasteiger charge is 2.46. The standard InChI is InChI=1S/C14H26/c1-5-11-6-10(4)13-7-12(9(2)3)8-14(11)13/h9-14H,5-8H2,1-4H3. The van der Waals surface area contributed by atoms with Crippen molar-refractivity contribution in [3.05, 3.63) is 0 Å². The number of hydrogen-bond donors (Lipinski definition) is 0. The first-order valence-electron chi connectivity index (χ1n) is 6.63. The molecule has 0 N–H and O–H groups in total. The van der Waals surface area contributed by atoms with Crippen LogP contribution in [0.5, 0.6) is 0 Å². The van der Waals surface area contributed by atoms with Gasteiger partial charge in [-0.3, -0.25) is 0 Å². The van der Waals surface area contributed by atoms with Crippen molar-refractivity contribution >= 4 is 0 Å². The van der Waals surface area contributed by atoms with Gasteiger partial charge in [0.05, 0.1) is 0 Å². The zero-order valence-electron chi connectivity index (χ0n) is 10.3. The van der Waals surface area contributed by atoms with Crippen LogP contribution in [-0.4, -0.2) is 0 Å². The van der Waals surface area contributed by atoms with E-state index < -0.39 is 0 Å². The second-order valence-corrected chi connectivity index (χ2v) is 6.18. The van der Waals surface area contributed by atoms with Crippen molar-refractivity contribution in [2.45, 2.75) is 53.4 Å². The van der Waals surface area contributed by atoms with Gasteiger partial charge in [-0.1, -0.05) is 34.1 Å². The largest absolute Gasteiger partial charge is 0.0651 e. The van der Waals surface area contributed by atoms with E-state index in [4.69, 9.17) is 0 Å². The smallest absolute Gasteiger partial charge is 0.0352 e. The van der Waals surface area contributed by atoms with Crippen LogP contribution in [0.15, 0.2) is 0 Å². The fourth-order valence-electron chi connectivity index (χ4n) is 4.18. The van der Waals surface area contributed by atoms with E-state index >= 15 is 0 Å². The van der Waals surface area contributed by atoms with E-state index in [9.17, 15) is 0 Å². The summed E-state index contributed by atoms with van der Waals surface area (Å²) in [5.74, 6) is 6.24. The van der Waals surface area contributed by atoms with E-state index in [0.29, 0.717) is 0 Å². The normalized spacial score (nSPS) is 47.4. The molecule has 0 aromatic carbocycles. The van der Waals surface area contributed by atoms with Crippen molar-refractivity contribution in [1.82, 2.24) is 0 Å². The van der Waals surface area contributed by atoms with Crippen molar-refractivity contribution < 1.29 is 0 Å². The molecule has 0 heterocycles. The molecule has 82 valence electrons. The van der Waals surface area contributed by atoms with Crippen LogP contribution in [0.3, 0.4) is 0 Å². The van der Waals surface area contributed by atoms with Gasteiger partial charge in [0, 0.05) is 0 Å². The summed E-state index contributed by atoms with van der Waals surface area (Å²) in [6, 6.07) is 0. The molecule has 0 bridgehead atoms. The average Bonchev–Trinajstić information content (AvgIpc) is 2.66. The molecule has 2 rings (SSSR count). The maximum absolute atomic E-state index is 2.50. The summed E-state index contributed by atoms with van der Waals surface area (Å²) in [4.78, 5) is 0. The van der Waals surface area contributed by atoms with Crippen LogP contribution in [0.2, 0.25) is 0 Å². The zero-order valence-corrected chi connectivity index (χ0v) is 10.3. The second-order valence-electron chi connectivity index (χ2n) is 6.18. The van der Waals surface area contributed by atoms with E-state index in [-0.39, 0.29) is 0 Å². The lowest BCUT2D eigenvalue weighted by atomic mass is 9.87. The Balaban J connectivity index is 2.04. The molecule has 2 aliphatic carbocycles. The van der Waals surface area contributed by atoms with Crippen molar-refractivity contribution in [3.8, 4) is 0 Å². The molecule has 2 saturated carbocycles. The van der Waals surface area contributed by atoms with E-state index in [1.54, 1.807) is 12.8 Å². The van der Waals surface area contributed by atoms with E-state index in [2.05, 4.69) is 27.7 Å². The summed E-state index contributed by atoms with van der Waals surface area (Å²) in [5.41, 5.74) is 0. The third kappa shape index (κ3) is 1.61. The molecule has 14 heavy (non-hydrogen) atoms. The van der Waals surface area contributed by atoms with Crippen molar-refractivity contribution in [2.75, 3.05) is 0 Å². The first-order chi connectivity index (χ1) is 6.63. The third-order valence-electron chi connectivity index (χ3n) is 5.18. The summed E-state index contributed by atoms with van der Waals surface area (Å²) in [6.45, 7) is 9.72. The molecule has 0 aliphatic heterocycles. The quantitative estimate of drug-likeness (QED) is 0.613. The van der Waals surface area contributed by atoms with Gasteiger partial charge in [0.25, 0.3) is 0 Å². The summed E-state index contributed by atoms with van der Waals surface area (Å²) >= 11 is 0. The minimum Gasteiger partial charge on any atom is -0.0651 e. The molecule has 0 heteroatoms. The van der Waals surface area contributed by atoms with E-state index in [0.717, 1.165) is 35.5 Å². The molecule has 2 aliphatic rings. The maximum atomic E-state index is 2.50. The predicted octanol–water partition coefficient (Wildman–Crippen LogP) is 4.35. The van der Waals surface area contributed by atoms with Crippen LogP contribution < -0.4 is 0 Å². The van der Waals surface area contributed by atoms with Gasteiger partial charge in [-0.2, -0.15) is 0 Å². The molecule has 5 unspecified atom stereocenters. The Bertz CT molecular complexity index is 194. The lowest BCUT2D eigenvalue weighted by molar-refractivity contribution is 0.316. The monoisotopic (exact) mass is 194 g/mol. The zero-order chi connectivity index (χ0) is 10.3. The van der Waals surface area contributed by atoms with Crippen LogP contribution in [-0.2, 0) is 0 Å². The van der Waals surface area contributed by atoms with E-state index in [1.807, 2.05) is 0 Å². The number of hydrogen-bond acceptors (Lipinski definition) is 0. The van der Waals surface area contributed by atoms with Gasteiger partial charge in [0.15, 0.2) is 0 Å². The summed E-state index contributed by atoms with van der Waals surface area (Å²) < 4.78 is 0. The molecule has 0 nitrogen and oxygen atoms in total. The molecule has 0 aromatic rings. The molecule has 0 aromatic heterocycles. The predicted molar refractivity (Wildman–Crippen MR) is 62.1 cm³/mol. The summed E-state index contributed by atoms with van der Waals surface area (Å²) in [6.07, 6.45) is 6.04. The van der Waals surface area contributed by atoms with Crippen molar-refractivity contribution in [1.29, 1.82) is 0 Å². The van der Waals surface area contributed by atoms with E-state index in [1.165, 1.54) is 12.8 Å². The molecular weight excluding hydrogens is 168 g/mol. The molecule has 5 atom stereocenters. The lowest BCUT2D eigenvalue weighted by Gasteiger charge is -2.19. The molecular formula is C14H26. The van der Waals surface area contributed by atoms with Crippen LogP contribution >= 0.6 is 0 Å². The van der Waals surface area contributed by atoms with Gasteiger partial charge in [-0.25, -0.2) is 0 Å². The summed E-state index contributed by atoms with van der Waals surface area (Å²) in [7, 11) is 0. The first-order valence-corrected chi connectivity index (χ1v) is 6.63. The van der Waals surface area contributed by atoms with Gasteiger partial charge < -0.3 is 0 Å². The van der Waals surface area contributed by atoms with Gasteiger partial charge in [-0.05, 0) is 54.8 Å². The molecule has 0 amide bonds. The Morgan fingerprint density at radius 1 is 1.07 bits per heavy atom. The Hall–Kier alpha value is 0. The van der Waals surface area contributed by atoms with Crippen LogP contribution in [0.4, 0.5) is 0 Å². The van der Waals surface area contributed by atoms with Crippen molar-refractivity contribution in [2.24, 2.45) is 35.5 Å². The fourth-order valence-corrected chi connectivity index (χ4v) is 4.18. The SMILES string of the molecule is CCC1CC(C)C2CC(C(C)C)CC12. The highest BCUT2D eigenvalue weighted by molar-refractivity contribution is 4.96. The lowest BCUT2D eigenvalue weighted by Crippen LogP contribution is -2.09. The van der Waals surface area contributed by atoms with Gasteiger partial charge in [-0.15, -0.1) is 0 Å². The number of rotatable bonds is 2. The fraction of sp³-hybridized carbons (Fsp3) is 1.00. The molecule has 2 fully saturated rings. The van der Waals surface area contributed by atoms with Crippen LogP contribution in [0.1, 0.15) is 53.4 Å². The minimum absolute atomic E-state index is 0.922. The van der Waals surface area contributed by atoms with Gasteiger partial charge >= 0.3 is 0 Å². The first kappa shape index (κ1) is 10.5. The van der Waals surface area contributed by atoms with Crippen molar-refractivity contribution in [3.63, 3.8) is 0 Å². The second kappa shape index (κ2) is 3.87. The Labute approximate surface area is 89.5 Å². The highest BCUT2D eigenvalue weighted by Crippen LogP contribution is 2.55.